The van der Waals surface area contributed by atoms with Gasteiger partial charge in [-0.15, -0.1) is 0 Å². The van der Waals surface area contributed by atoms with E-state index < -0.39 is 6.10 Å². The molecule has 2 unspecified atom stereocenters. The number of rotatable bonds is 2. The summed E-state index contributed by atoms with van der Waals surface area (Å²) in [5, 5.41) is 16.6. The lowest BCUT2D eigenvalue weighted by molar-refractivity contribution is 0.114. The van der Waals surface area contributed by atoms with Gasteiger partial charge in [0.05, 0.1) is 6.10 Å². The zero-order chi connectivity index (χ0) is 13.2. The summed E-state index contributed by atoms with van der Waals surface area (Å²) in [5.74, 6) is 0. The molecule has 0 spiro atoms. The van der Waals surface area contributed by atoms with Crippen LogP contribution in [0.1, 0.15) is 36.5 Å². The molecule has 2 nitrogen and oxygen atoms in total. The lowest BCUT2D eigenvalue weighted by atomic mass is 9.89. The highest BCUT2D eigenvalue weighted by Gasteiger charge is 2.25. The molecule has 0 radical (unpaired) electrons. The van der Waals surface area contributed by atoms with Gasteiger partial charge in [-0.2, -0.15) is 0 Å². The molecule has 0 saturated carbocycles. The second kappa shape index (κ2) is 5.32. The van der Waals surface area contributed by atoms with Gasteiger partial charge in [-0.05, 0) is 48.2 Å². The predicted octanol–water partition coefficient (Wildman–Crippen LogP) is 3.32. The van der Waals surface area contributed by atoms with Crippen molar-refractivity contribution < 1.29 is 5.11 Å². The molecule has 2 atom stereocenters. The molecule has 1 aliphatic rings. The Morgan fingerprint density at radius 2 is 2.00 bits per heavy atom. The van der Waals surface area contributed by atoms with Gasteiger partial charge in [-0.1, -0.05) is 42.8 Å². The van der Waals surface area contributed by atoms with E-state index in [4.69, 9.17) is 0 Å². The monoisotopic (exact) mass is 255 g/mol. The molecule has 100 valence electrons. The molecule has 1 fully saturated rings. The number of hydrogen-bond donors (Lipinski definition) is 2. The third-order valence-electron chi connectivity index (χ3n) is 4.21. The molecule has 3 rings (SSSR count). The van der Waals surface area contributed by atoms with Crippen LogP contribution in [0, 0.1) is 6.92 Å². The number of aliphatic hydroxyl groups is 1. The Balaban J connectivity index is 2.05. The molecule has 1 saturated heterocycles. The first-order valence-corrected chi connectivity index (χ1v) is 7.17. The van der Waals surface area contributed by atoms with E-state index in [9.17, 15) is 5.11 Å². The SMILES string of the molecule is Cc1ccc2ccccc2c1C(O)C1CCCCN1. The second-order valence-corrected chi connectivity index (χ2v) is 5.52. The third kappa shape index (κ3) is 2.38. The van der Waals surface area contributed by atoms with Crippen molar-refractivity contribution in [3.8, 4) is 0 Å². The van der Waals surface area contributed by atoms with E-state index in [0.29, 0.717) is 0 Å². The van der Waals surface area contributed by atoms with Crippen LogP contribution >= 0.6 is 0 Å². The third-order valence-corrected chi connectivity index (χ3v) is 4.21. The van der Waals surface area contributed by atoms with Crippen LogP contribution in [0.5, 0.6) is 0 Å². The van der Waals surface area contributed by atoms with Gasteiger partial charge in [-0.3, -0.25) is 0 Å². The van der Waals surface area contributed by atoms with E-state index in [1.165, 1.54) is 29.2 Å². The lowest BCUT2D eigenvalue weighted by Crippen LogP contribution is -2.39. The molecule has 1 heterocycles. The molecular weight excluding hydrogens is 234 g/mol. The molecule has 0 aliphatic carbocycles. The fourth-order valence-corrected chi connectivity index (χ4v) is 3.15. The second-order valence-electron chi connectivity index (χ2n) is 5.52. The van der Waals surface area contributed by atoms with Gasteiger partial charge in [0.25, 0.3) is 0 Å². The fourth-order valence-electron chi connectivity index (χ4n) is 3.15. The Labute approximate surface area is 114 Å². The van der Waals surface area contributed by atoms with E-state index in [1.54, 1.807) is 0 Å². The van der Waals surface area contributed by atoms with Gasteiger partial charge in [0.15, 0.2) is 0 Å². The molecule has 1 aliphatic heterocycles. The van der Waals surface area contributed by atoms with Gasteiger partial charge >= 0.3 is 0 Å². The van der Waals surface area contributed by atoms with Crippen LogP contribution in [0.15, 0.2) is 36.4 Å². The minimum atomic E-state index is -0.411. The normalized spacial score (nSPS) is 21.5. The van der Waals surface area contributed by atoms with Crippen LogP contribution in [-0.4, -0.2) is 17.7 Å². The highest BCUT2D eigenvalue weighted by atomic mass is 16.3. The van der Waals surface area contributed by atoms with Gasteiger partial charge in [0.2, 0.25) is 0 Å². The van der Waals surface area contributed by atoms with Crippen LogP contribution in [0.2, 0.25) is 0 Å². The Kier molecular flexibility index (Phi) is 3.54. The van der Waals surface area contributed by atoms with Crippen molar-refractivity contribution in [2.45, 2.75) is 38.3 Å². The summed E-state index contributed by atoms with van der Waals surface area (Å²) in [6, 6.07) is 12.8. The number of aliphatic hydroxyl groups excluding tert-OH is 1. The van der Waals surface area contributed by atoms with Crippen molar-refractivity contribution in [2.24, 2.45) is 0 Å². The van der Waals surface area contributed by atoms with Crippen LogP contribution in [0.4, 0.5) is 0 Å². The Morgan fingerprint density at radius 1 is 1.16 bits per heavy atom. The largest absolute Gasteiger partial charge is 0.387 e. The Bertz CT molecular complexity index is 572. The quantitative estimate of drug-likeness (QED) is 0.862. The topological polar surface area (TPSA) is 32.3 Å². The molecular formula is C17H21NO. The molecule has 2 aromatic carbocycles. The fraction of sp³-hybridized carbons (Fsp3) is 0.412. The summed E-state index contributed by atoms with van der Waals surface area (Å²) >= 11 is 0. The van der Waals surface area contributed by atoms with Crippen molar-refractivity contribution in [2.75, 3.05) is 6.54 Å². The molecule has 2 heteroatoms. The maximum atomic E-state index is 10.8. The van der Waals surface area contributed by atoms with Crippen LogP contribution < -0.4 is 5.32 Å². The first-order chi connectivity index (χ1) is 9.27. The van der Waals surface area contributed by atoms with Crippen molar-refractivity contribution in [3.63, 3.8) is 0 Å². The van der Waals surface area contributed by atoms with Crippen molar-refractivity contribution in [3.05, 3.63) is 47.5 Å². The summed E-state index contributed by atoms with van der Waals surface area (Å²) in [6.45, 7) is 3.11. The number of benzene rings is 2. The maximum absolute atomic E-state index is 10.8. The number of aryl methyl sites for hydroxylation is 1. The Hall–Kier alpha value is -1.38. The molecule has 2 N–H and O–H groups in total. The van der Waals surface area contributed by atoms with E-state index in [2.05, 4.69) is 36.5 Å². The first-order valence-electron chi connectivity index (χ1n) is 7.17. The van der Waals surface area contributed by atoms with E-state index >= 15 is 0 Å². The van der Waals surface area contributed by atoms with Crippen molar-refractivity contribution in [1.82, 2.24) is 5.32 Å². The average Bonchev–Trinajstić information content (AvgIpc) is 2.47. The summed E-state index contributed by atoms with van der Waals surface area (Å²) in [4.78, 5) is 0. The number of nitrogens with one attached hydrogen (secondary N) is 1. The molecule has 19 heavy (non-hydrogen) atoms. The van der Waals surface area contributed by atoms with Gasteiger partial charge < -0.3 is 10.4 Å². The van der Waals surface area contributed by atoms with Crippen molar-refractivity contribution in [1.29, 1.82) is 0 Å². The maximum Gasteiger partial charge on any atom is 0.0951 e. The van der Waals surface area contributed by atoms with Crippen LogP contribution in [0.25, 0.3) is 10.8 Å². The zero-order valence-corrected chi connectivity index (χ0v) is 11.4. The highest BCUT2D eigenvalue weighted by molar-refractivity contribution is 5.87. The average molecular weight is 255 g/mol. The smallest absolute Gasteiger partial charge is 0.0951 e. The van der Waals surface area contributed by atoms with Gasteiger partial charge in [0.1, 0.15) is 0 Å². The van der Waals surface area contributed by atoms with Crippen LogP contribution in [-0.2, 0) is 0 Å². The highest BCUT2D eigenvalue weighted by Crippen LogP contribution is 2.31. The van der Waals surface area contributed by atoms with E-state index in [-0.39, 0.29) is 6.04 Å². The minimum Gasteiger partial charge on any atom is -0.387 e. The summed E-state index contributed by atoms with van der Waals surface area (Å²) in [7, 11) is 0. The van der Waals surface area contributed by atoms with Gasteiger partial charge in [-0.25, -0.2) is 0 Å². The van der Waals surface area contributed by atoms with Crippen molar-refractivity contribution >= 4 is 10.8 Å². The van der Waals surface area contributed by atoms with Gasteiger partial charge in [0, 0.05) is 6.04 Å². The zero-order valence-electron chi connectivity index (χ0n) is 11.4. The molecule has 0 bridgehead atoms. The number of piperidine rings is 1. The molecule has 0 aromatic heterocycles. The lowest BCUT2D eigenvalue weighted by Gasteiger charge is -2.29. The first kappa shape index (κ1) is 12.6. The summed E-state index contributed by atoms with van der Waals surface area (Å²) in [5.41, 5.74) is 2.27. The summed E-state index contributed by atoms with van der Waals surface area (Å²) in [6.07, 6.45) is 3.08. The predicted molar refractivity (Wildman–Crippen MR) is 79.3 cm³/mol. The Morgan fingerprint density at radius 3 is 2.79 bits per heavy atom. The molecule has 2 aromatic rings. The summed E-state index contributed by atoms with van der Waals surface area (Å²) < 4.78 is 0. The van der Waals surface area contributed by atoms with E-state index in [0.717, 1.165) is 18.5 Å². The van der Waals surface area contributed by atoms with E-state index in [1.807, 2.05) is 12.1 Å². The minimum absolute atomic E-state index is 0.193. The number of fused-ring (bicyclic) bond motifs is 1. The molecule has 0 amide bonds. The number of hydrogen-bond acceptors (Lipinski definition) is 2. The standard InChI is InChI=1S/C17H21NO/c1-12-9-10-13-6-2-3-7-14(13)16(12)17(19)15-8-4-5-11-18-15/h2-3,6-7,9-10,15,17-19H,4-5,8,11H2,1H3. The van der Waals surface area contributed by atoms with Crippen LogP contribution in [0.3, 0.4) is 0 Å².